The van der Waals surface area contributed by atoms with Crippen LogP contribution < -0.4 is 0 Å². The summed E-state index contributed by atoms with van der Waals surface area (Å²) in [6.45, 7) is 1.82. The van der Waals surface area contributed by atoms with Crippen LogP contribution in [0.1, 0.15) is 15.9 Å². The van der Waals surface area contributed by atoms with Crippen molar-refractivity contribution in [1.29, 1.82) is 0 Å². The Kier molecular flexibility index (Phi) is 3.34. The van der Waals surface area contributed by atoms with E-state index in [2.05, 4.69) is 0 Å². The number of aryl methyl sites for hydroxylation is 1. The molecule has 0 aliphatic carbocycles. The van der Waals surface area contributed by atoms with E-state index in [-0.39, 0.29) is 16.1 Å². The molecule has 0 saturated carbocycles. The molecule has 0 saturated heterocycles. The van der Waals surface area contributed by atoms with Gasteiger partial charge >= 0.3 is 5.97 Å². The molecule has 92 valence electrons. The van der Waals surface area contributed by atoms with Crippen molar-refractivity contribution in [1.82, 2.24) is 0 Å². The standard InChI is InChI=1S/C14H10ClFO2/c1-8-2-4-11(14(17)18)12(6-8)10-5-3-9(15)7-13(10)16/h2-7H,1H3,(H,17,18). The summed E-state index contributed by atoms with van der Waals surface area (Å²) < 4.78 is 13.8. The van der Waals surface area contributed by atoms with Crippen LogP contribution >= 0.6 is 11.6 Å². The summed E-state index contributed by atoms with van der Waals surface area (Å²) in [7, 11) is 0. The quantitative estimate of drug-likeness (QED) is 0.885. The van der Waals surface area contributed by atoms with Gasteiger partial charge < -0.3 is 5.11 Å². The minimum atomic E-state index is -1.08. The van der Waals surface area contributed by atoms with Crippen LogP contribution in [-0.4, -0.2) is 11.1 Å². The molecule has 0 heterocycles. The van der Waals surface area contributed by atoms with E-state index in [0.717, 1.165) is 5.56 Å². The van der Waals surface area contributed by atoms with Crippen LogP contribution in [0.5, 0.6) is 0 Å². The van der Waals surface area contributed by atoms with Crippen LogP contribution in [0.3, 0.4) is 0 Å². The topological polar surface area (TPSA) is 37.3 Å². The molecule has 0 radical (unpaired) electrons. The van der Waals surface area contributed by atoms with E-state index in [1.54, 1.807) is 12.1 Å². The molecule has 2 nitrogen and oxygen atoms in total. The van der Waals surface area contributed by atoms with Crippen molar-refractivity contribution < 1.29 is 14.3 Å². The van der Waals surface area contributed by atoms with Gasteiger partial charge in [-0.15, -0.1) is 0 Å². The fourth-order valence-electron chi connectivity index (χ4n) is 1.78. The summed E-state index contributed by atoms with van der Waals surface area (Å²) >= 11 is 5.68. The van der Waals surface area contributed by atoms with Gasteiger partial charge in [0.15, 0.2) is 0 Å². The lowest BCUT2D eigenvalue weighted by molar-refractivity contribution is 0.0697. The van der Waals surface area contributed by atoms with Crippen molar-refractivity contribution in [3.05, 3.63) is 58.4 Å². The molecule has 0 aliphatic rings. The van der Waals surface area contributed by atoms with E-state index < -0.39 is 11.8 Å². The number of halogens is 2. The highest BCUT2D eigenvalue weighted by atomic mass is 35.5. The highest BCUT2D eigenvalue weighted by Crippen LogP contribution is 2.29. The summed E-state index contributed by atoms with van der Waals surface area (Å²) in [5.41, 5.74) is 1.53. The zero-order valence-corrected chi connectivity index (χ0v) is 10.3. The second-order valence-electron chi connectivity index (χ2n) is 3.98. The molecule has 2 rings (SSSR count). The third-order valence-corrected chi connectivity index (χ3v) is 2.86. The monoisotopic (exact) mass is 264 g/mol. The Morgan fingerprint density at radius 3 is 2.50 bits per heavy atom. The van der Waals surface area contributed by atoms with Gasteiger partial charge in [-0.3, -0.25) is 0 Å². The first-order chi connectivity index (χ1) is 8.49. The van der Waals surface area contributed by atoms with Crippen LogP contribution in [0.4, 0.5) is 4.39 Å². The molecule has 0 bridgehead atoms. The molecule has 18 heavy (non-hydrogen) atoms. The minimum absolute atomic E-state index is 0.0711. The summed E-state index contributed by atoms with van der Waals surface area (Å²) in [6, 6.07) is 9.00. The summed E-state index contributed by atoms with van der Waals surface area (Å²) in [5, 5.41) is 9.39. The van der Waals surface area contributed by atoms with Gasteiger partial charge in [0.1, 0.15) is 5.82 Å². The second-order valence-corrected chi connectivity index (χ2v) is 4.41. The number of carboxylic acids is 1. The molecule has 0 unspecified atom stereocenters. The van der Waals surface area contributed by atoms with E-state index in [9.17, 15) is 9.18 Å². The Labute approximate surface area is 109 Å². The van der Waals surface area contributed by atoms with E-state index >= 15 is 0 Å². The smallest absolute Gasteiger partial charge is 0.336 e. The van der Waals surface area contributed by atoms with Crippen LogP contribution in [0.15, 0.2) is 36.4 Å². The highest BCUT2D eigenvalue weighted by molar-refractivity contribution is 6.30. The zero-order chi connectivity index (χ0) is 13.3. The number of hydrogen-bond acceptors (Lipinski definition) is 1. The van der Waals surface area contributed by atoms with Crippen LogP contribution in [-0.2, 0) is 0 Å². The fraction of sp³-hybridized carbons (Fsp3) is 0.0714. The highest BCUT2D eigenvalue weighted by Gasteiger charge is 2.15. The molecule has 0 atom stereocenters. The largest absolute Gasteiger partial charge is 0.478 e. The lowest BCUT2D eigenvalue weighted by atomic mass is 9.97. The number of hydrogen-bond donors (Lipinski definition) is 1. The predicted octanol–water partition coefficient (Wildman–Crippen LogP) is 4.15. The van der Waals surface area contributed by atoms with Crippen molar-refractivity contribution in [3.8, 4) is 11.1 Å². The maximum atomic E-state index is 13.8. The third-order valence-electron chi connectivity index (χ3n) is 2.63. The van der Waals surface area contributed by atoms with Crippen molar-refractivity contribution >= 4 is 17.6 Å². The SMILES string of the molecule is Cc1ccc(C(=O)O)c(-c2ccc(Cl)cc2F)c1. The molecule has 0 fully saturated rings. The Morgan fingerprint density at radius 1 is 1.17 bits per heavy atom. The molecule has 0 aromatic heterocycles. The molecular weight excluding hydrogens is 255 g/mol. The van der Waals surface area contributed by atoms with E-state index in [0.29, 0.717) is 5.56 Å². The molecule has 1 N–H and O–H groups in total. The Balaban J connectivity index is 2.69. The number of carbonyl (C=O) groups is 1. The molecule has 0 aliphatic heterocycles. The van der Waals surface area contributed by atoms with E-state index in [1.165, 1.54) is 24.3 Å². The van der Waals surface area contributed by atoms with E-state index in [1.807, 2.05) is 6.92 Å². The third kappa shape index (κ3) is 2.36. The molecular formula is C14H10ClFO2. The van der Waals surface area contributed by atoms with Crippen LogP contribution in [0.2, 0.25) is 5.02 Å². The first-order valence-corrected chi connectivity index (χ1v) is 5.66. The number of rotatable bonds is 2. The van der Waals surface area contributed by atoms with Gasteiger partial charge in [-0.2, -0.15) is 0 Å². The van der Waals surface area contributed by atoms with Gasteiger partial charge in [0.05, 0.1) is 5.56 Å². The lowest BCUT2D eigenvalue weighted by Gasteiger charge is -2.09. The van der Waals surface area contributed by atoms with E-state index in [4.69, 9.17) is 16.7 Å². The Hall–Kier alpha value is -1.87. The Morgan fingerprint density at radius 2 is 1.89 bits per heavy atom. The molecule has 2 aromatic carbocycles. The van der Waals surface area contributed by atoms with Gasteiger partial charge in [0, 0.05) is 10.6 Å². The van der Waals surface area contributed by atoms with Crippen LogP contribution in [0.25, 0.3) is 11.1 Å². The van der Waals surface area contributed by atoms with Gasteiger partial charge in [-0.05, 0) is 36.8 Å². The Bertz CT molecular complexity index is 623. The van der Waals surface area contributed by atoms with Crippen molar-refractivity contribution in [3.63, 3.8) is 0 Å². The van der Waals surface area contributed by atoms with Crippen molar-refractivity contribution in [2.24, 2.45) is 0 Å². The minimum Gasteiger partial charge on any atom is -0.478 e. The normalized spacial score (nSPS) is 10.4. The van der Waals surface area contributed by atoms with Gasteiger partial charge in [0.2, 0.25) is 0 Å². The van der Waals surface area contributed by atoms with Gasteiger partial charge in [0.25, 0.3) is 0 Å². The fourth-order valence-corrected chi connectivity index (χ4v) is 1.93. The van der Waals surface area contributed by atoms with Gasteiger partial charge in [-0.1, -0.05) is 29.3 Å². The maximum Gasteiger partial charge on any atom is 0.336 e. The number of carboxylic acid groups (broad SMARTS) is 1. The number of aromatic carboxylic acids is 1. The average molecular weight is 265 g/mol. The average Bonchev–Trinajstić information content (AvgIpc) is 2.28. The van der Waals surface area contributed by atoms with Crippen molar-refractivity contribution in [2.45, 2.75) is 6.92 Å². The first kappa shape index (κ1) is 12.6. The predicted molar refractivity (Wildman–Crippen MR) is 68.5 cm³/mol. The lowest BCUT2D eigenvalue weighted by Crippen LogP contribution is -2.00. The maximum absolute atomic E-state index is 13.8. The molecule has 0 amide bonds. The first-order valence-electron chi connectivity index (χ1n) is 5.28. The second kappa shape index (κ2) is 4.78. The van der Waals surface area contributed by atoms with Gasteiger partial charge in [-0.25, -0.2) is 9.18 Å². The van der Waals surface area contributed by atoms with Crippen molar-refractivity contribution in [2.75, 3.05) is 0 Å². The van der Waals surface area contributed by atoms with Crippen LogP contribution in [0, 0.1) is 12.7 Å². The number of benzene rings is 2. The molecule has 4 heteroatoms. The zero-order valence-electron chi connectivity index (χ0n) is 9.58. The summed E-state index contributed by atoms with van der Waals surface area (Å²) in [5.74, 6) is -1.62. The summed E-state index contributed by atoms with van der Waals surface area (Å²) in [4.78, 5) is 11.1. The summed E-state index contributed by atoms with van der Waals surface area (Å²) in [6.07, 6.45) is 0. The molecule has 0 spiro atoms. The molecule has 2 aromatic rings.